The summed E-state index contributed by atoms with van der Waals surface area (Å²) in [5.74, 6) is -1.32. The Bertz CT molecular complexity index is 886. The number of carbonyl (C=O) groups excluding carboxylic acids is 1. The zero-order valence-corrected chi connectivity index (χ0v) is 12.0. The van der Waals surface area contributed by atoms with Gasteiger partial charge in [-0.05, 0) is 12.1 Å². The molecule has 116 valence electrons. The number of halogens is 1. The highest BCUT2D eigenvalue weighted by atomic mass is 32.2. The number of benzene rings is 1. The quantitative estimate of drug-likeness (QED) is 0.782. The van der Waals surface area contributed by atoms with Gasteiger partial charge in [0.2, 0.25) is 21.9 Å². The molecule has 1 aromatic carbocycles. The molecule has 3 rings (SSSR count). The number of nitrogen functional groups attached to an aromatic ring is 1. The van der Waals surface area contributed by atoms with Gasteiger partial charge in [-0.25, -0.2) is 22.9 Å². The van der Waals surface area contributed by atoms with Crippen LogP contribution in [0, 0.1) is 5.82 Å². The van der Waals surface area contributed by atoms with Crippen LogP contribution in [0.3, 0.4) is 0 Å². The fraction of sp³-hybridized carbons (Fsp3) is 0.250. The van der Waals surface area contributed by atoms with Gasteiger partial charge in [-0.1, -0.05) is 6.07 Å². The Labute approximate surface area is 125 Å². The molecular weight excluding hydrogens is 313 g/mol. The molecule has 2 heterocycles. The van der Waals surface area contributed by atoms with Crippen LogP contribution in [0.25, 0.3) is 10.9 Å². The van der Waals surface area contributed by atoms with Gasteiger partial charge in [0.25, 0.3) is 0 Å². The Hall–Kier alpha value is -2.33. The van der Waals surface area contributed by atoms with Crippen LogP contribution in [-0.2, 0) is 14.8 Å². The highest BCUT2D eigenvalue weighted by Gasteiger charge is 2.38. The van der Waals surface area contributed by atoms with Gasteiger partial charge < -0.3 is 5.73 Å². The van der Waals surface area contributed by atoms with E-state index in [1.54, 1.807) is 0 Å². The molecule has 0 saturated carbocycles. The minimum atomic E-state index is -3.88. The summed E-state index contributed by atoms with van der Waals surface area (Å²) in [6, 6.07) is 4.17. The van der Waals surface area contributed by atoms with Crippen LogP contribution in [0.15, 0.2) is 18.2 Å². The maximum atomic E-state index is 14.1. The number of amides is 1. The lowest BCUT2D eigenvalue weighted by molar-refractivity contribution is -0.117. The van der Waals surface area contributed by atoms with Gasteiger partial charge in [0.15, 0.2) is 5.82 Å². The summed E-state index contributed by atoms with van der Waals surface area (Å²) in [5, 5.41) is 4.03. The molecule has 1 atom stereocenters. The van der Waals surface area contributed by atoms with E-state index in [-0.39, 0.29) is 35.6 Å². The summed E-state index contributed by atoms with van der Waals surface area (Å²) in [5.41, 5.74) is 5.81. The van der Waals surface area contributed by atoms with E-state index in [0.717, 1.165) is 4.90 Å². The Balaban J connectivity index is 2.17. The fourth-order valence-corrected chi connectivity index (χ4v) is 3.17. The maximum absolute atomic E-state index is 14.1. The zero-order chi connectivity index (χ0) is 16.1. The average Bonchev–Trinajstić information content (AvgIpc) is 2.79. The van der Waals surface area contributed by atoms with Crippen LogP contribution in [0.2, 0.25) is 0 Å². The number of aromatic nitrogens is 2. The van der Waals surface area contributed by atoms with E-state index in [2.05, 4.69) is 9.97 Å². The van der Waals surface area contributed by atoms with Gasteiger partial charge >= 0.3 is 0 Å². The fourth-order valence-electron chi connectivity index (χ4n) is 2.44. The first-order valence-electron chi connectivity index (χ1n) is 6.31. The molecule has 1 amide bonds. The van der Waals surface area contributed by atoms with Gasteiger partial charge in [-0.15, -0.1) is 0 Å². The Morgan fingerprint density at radius 3 is 2.68 bits per heavy atom. The summed E-state index contributed by atoms with van der Waals surface area (Å²) in [6.07, 6.45) is -0.279. The predicted molar refractivity (Wildman–Crippen MR) is 77.8 cm³/mol. The van der Waals surface area contributed by atoms with Crippen molar-refractivity contribution in [1.82, 2.24) is 9.97 Å². The van der Waals surface area contributed by atoms with Crippen LogP contribution in [0.1, 0.15) is 6.42 Å². The van der Waals surface area contributed by atoms with Crippen molar-refractivity contribution in [1.29, 1.82) is 0 Å². The number of rotatable bonds is 2. The largest absolute Gasteiger partial charge is 0.368 e. The number of primary sulfonamides is 1. The standard InChI is InChI=1S/C12H12FN5O3S/c13-7-2-1-3-8-10(7)11(17-12(14)16-8)18-5-6(4-9(18)19)22(15,20)21/h1-3,6H,4-5H2,(H2,14,16,17)(H2,15,20,21). The smallest absolute Gasteiger partial charge is 0.229 e. The number of anilines is 2. The third-order valence-electron chi connectivity index (χ3n) is 3.48. The van der Waals surface area contributed by atoms with Gasteiger partial charge in [0, 0.05) is 13.0 Å². The summed E-state index contributed by atoms with van der Waals surface area (Å²) < 4.78 is 36.9. The van der Waals surface area contributed by atoms with Gasteiger partial charge in [-0.2, -0.15) is 4.98 Å². The molecule has 1 aliphatic heterocycles. The van der Waals surface area contributed by atoms with Crippen molar-refractivity contribution in [2.45, 2.75) is 11.7 Å². The van der Waals surface area contributed by atoms with Crippen molar-refractivity contribution in [2.24, 2.45) is 5.14 Å². The SMILES string of the molecule is Nc1nc(N2CC(S(N)(=O)=O)CC2=O)c2c(F)cccc2n1. The van der Waals surface area contributed by atoms with Crippen molar-refractivity contribution in [3.63, 3.8) is 0 Å². The average molecular weight is 325 g/mol. The molecule has 0 radical (unpaired) electrons. The molecule has 0 spiro atoms. The Morgan fingerprint density at radius 1 is 1.32 bits per heavy atom. The van der Waals surface area contributed by atoms with Crippen molar-refractivity contribution < 1.29 is 17.6 Å². The van der Waals surface area contributed by atoms with E-state index >= 15 is 0 Å². The molecule has 0 bridgehead atoms. The second kappa shape index (κ2) is 4.85. The first-order valence-corrected chi connectivity index (χ1v) is 7.92. The number of carbonyl (C=O) groups is 1. The molecule has 4 N–H and O–H groups in total. The van der Waals surface area contributed by atoms with Crippen molar-refractivity contribution >= 4 is 38.6 Å². The van der Waals surface area contributed by atoms with Crippen molar-refractivity contribution in [2.75, 3.05) is 17.2 Å². The molecule has 0 aliphatic carbocycles. The van der Waals surface area contributed by atoms with E-state index in [1.807, 2.05) is 0 Å². The van der Waals surface area contributed by atoms with Gasteiger partial charge in [0.1, 0.15) is 11.1 Å². The number of nitrogens with two attached hydrogens (primary N) is 2. The van der Waals surface area contributed by atoms with Crippen LogP contribution in [0.4, 0.5) is 16.2 Å². The molecule has 1 saturated heterocycles. The number of nitrogens with zero attached hydrogens (tertiary/aromatic N) is 3. The number of sulfonamides is 1. The van der Waals surface area contributed by atoms with Crippen molar-refractivity contribution in [3.8, 4) is 0 Å². The lowest BCUT2D eigenvalue weighted by Gasteiger charge is -2.17. The lowest BCUT2D eigenvalue weighted by Crippen LogP contribution is -2.32. The van der Waals surface area contributed by atoms with E-state index in [0.29, 0.717) is 0 Å². The van der Waals surface area contributed by atoms with Crippen LogP contribution < -0.4 is 15.8 Å². The van der Waals surface area contributed by atoms with Crippen LogP contribution in [-0.4, -0.2) is 36.1 Å². The van der Waals surface area contributed by atoms with E-state index in [9.17, 15) is 17.6 Å². The predicted octanol–water partition coefficient (Wildman–Crippen LogP) is -0.255. The third kappa shape index (κ3) is 2.35. The highest BCUT2D eigenvalue weighted by molar-refractivity contribution is 7.89. The molecule has 1 aliphatic rings. The third-order valence-corrected chi connectivity index (χ3v) is 4.73. The van der Waals surface area contributed by atoms with Gasteiger partial charge in [0.05, 0.1) is 10.9 Å². The van der Waals surface area contributed by atoms with Crippen LogP contribution >= 0.6 is 0 Å². The molecule has 10 heteroatoms. The Kier molecular flexibility index (Phi) is 3.22. The molecule has 1 aromatic heterocycles. The van der Waals surface area contributed by atoms with Crippen molar-refractivity contribution in [3.05, 3.63) is 24.0 Å². The number of hydrogen-bond donors (Lipinski definition) is 2. The second-order valence-electron chi connectivity index (χ2n) is 4.96. The Morgan fingerprint density at radius 2 is 2.05 bits per heavy atom. The molecule has 2 aromatic rings. The van der Waals surface area contributed by atoms with E-state index < -0.39 is 27.0 Å². The lowest BCUT2D eigenvalue weighted by atomic mass is 10.2. The van der Waals surface area contributed by atoms with E-state index in [4.69, 9.17) is 10.9 Å². The highest BCUT2D eigenvalue weighted by Crippen LogP contribution is 2.31. The minimum absolute atomic E-state index is 0.0140. The first kappa shape index (κ1) is 14.6. The zero-order valence-electron chi connectivity index (χ0n) is 11.2. The van der Waals surface area contributed by atoms with E-state index in [1.165, 1.54) is 18.2 Å². The maximum Gasteiger partial charge on any atom is 0.229 e. The summed E-state index contributed by atoms with van der Waals surface area (Å²) in [4.78, 5) is 21.0. The monoisotopic (exact) mass is 325 g/mol. The number of fused-ring (bicyclic) bond motifs is 1. The summed E-state index contributed by atoms with van der Waals surface area (Å²) >= 11 is 0. The molecular formula is C12H12FN5O3S. The molecule has 8 nitrogen and oxygen atoms in total. The molecule has 1 fully saturated rings. The van der Waals surface area contributed by atoms with Gasteiger partial charge in [-0.3, -0.25) is 9.69 Å². The molecule has 1 unspecified atom stereocenters. The topological polar surface area (TPSA) is 132 Å². The molecule has 22 heavy (non-hydrogen) atoms. The second-order valence-corrected chi connectivity index (χ2v) is 6.80. The summed E-state index contributed by atoms with van der Waals surface area (Å²) in [7, 11) is -3.88. The summed E-state index contributed by atoms with van der Waals surface area (Å²) in [6.45, 7) is -0.197. The number of hydrogen-bond acceptors (Lipinski definition) is 6. The normalized spacial score (nSPS) is 19.1. The first-order chi connectivity index (χ1) is 10.3. The van der Waals surface area contributed by atoms with Crippen LogP contribution in [0.5, 0.6) is 0 Å². The minimum Gasteiger partial charge on any atom is -0.368 e.